The van der Waals surface area contributed by atoms with Crippen LogP contribution in [0.3, 0.4) is 0 Å². The van der Waals surface area contributed by atoms with Crippen molar-refractivity contribution < 1.29 is 26.3 Å². The largest absolute Gasteiger partial charge is 0.416 e. The third-order valence-corrected chi connectivity index (χ3v) is 3.30. The Balaban J connectivity index is 1.82. The molecule has 2 aromatic carbocycles. The SMILES string of the molecule is Fc1ccc(Nc2nncc(Nc3cccc(C(F)(F)F)c3)n2)c(F)c1F. The molecule has 0 aliphatic heterocycles. The molecule has 0 spiro atoms. The Labute approximate surface area is 148 Å². The van der Waals surface area contributed by atoms with Gasteiger partial charge in [-0.15, -0.1) is 5.10 Å². The van der Waals surface area contributed by atoms with Gasteiger partial charge in [0.15, 0.2) is 23.3 Å². The Kier molecular flexibility index (Phi) is 4.84. The van der Waals surface area contributed by atoms with Crippen molar-refractivity contribution in [2.75, 3.05) is 10.6 Å². The molecule has 0 saturated carbocycles. The standard InChI is InChI=1S/C16H9F6N5/c17-10-4-5-11(14(19)13(10)18)25-15-26-12(7-23-27-15)24-9-3-1-2-8(6-9)16(20,21)22/h1-7H,(H2,24,25,26,27). The highest BCUT2D eigenvalue weighted by atomic mass is 19.4. The molecule has 3 rings (SSSR count). The van der Waals surface area contributed by atoms with E-state index in [4.69, 9.17) is 0 Å². The fourth-order valence-electron chi connectivity index (χ4n) is 2.08. The van der Waals surface area contributed by atoms with E-state index in [1.807, 2.05) is 0 Å². The number of rotatable bonds is 4. The summed E-state index contributed by atoms with van der Waals surface area (Å²) in [6.45, 7) is 0. The summed E-state index contributed by atoms with van der Waals surface area (Å²) < 4.78 is 78.1. The predicted molar refractivity (Wildman–Crippen MR) is 84.2 cm³/mol. The van der Waals surface area contributed by atoms with Gasteiger partial charge in [-0.3, -0.25) is 0 Å². The maximum Gasteiger partial charge on any atom is 0.416 e. The van der Waals surface area contributed by atoms with Crippen molar-refractivity contribution in [3.63, 3.8) is 0 Å². The smallest absolute Gasteiger partial charge is 0.339 e. The van der Waals surface area contributed by atoms with Crippen LogP contribution >= 0.6 is 0 Å². The van der Waals surface area contributed by atoms with Crippen LogP contribution in [0.4, 0.5) is 49.5 Å². The zero-order valence-electron chi connectivity index (χ0n) is 13.2. The van der Waals surface area contributed by atoms with E-state index in [0.717, 1.165) is 24.4 Å². The Bertz CT molecular complexity index is 976. The summed E-state index contributed by atoms with van der Waals surface area (Å²) in [6, 6.07) is 5.99. The van der Waals surface area contributed by atoms with Crippen molar-refractivity contribution in [1.29, 1.82) is 0 Å². The van der Waals surface area contributed by atoms with E-state index < -0.39 is 34.9 Å². The molecule has 0 fully saturated rings. The lowest BCUT2D eigenvalue weighted by Crippen LogP contribution is -2.06. The molecule has 2 N–H and O–H groups in total. The predicted octanol–water partition coefficient (Wildman–Crippen LogP) is 4.79. The lowest BCUT2D eigenvalue weighted by molar-refractivity contribution is -0.137. The summed E-state index contributed by atoms with van der Waals surface area (Å²) in [5.74, 6) is -4.80. The summed E-state index contributed by atoms with van der Waals surface area (Å²) in [5.41, 5.74) is -1.22. The molecule has 0 bridgehead atoms. The minimum Gasteiger partial charge on any atom is -0.339 e. The first-order valence-electron chi connectivity index (χ1n) is 7.28. The Morgan fingerprint density at radius 3 is 2.41 bits per heavy atom. The van der Waals surface area contributed by atoms with Gasteiger partial charge in [-0.25, -0.2) is 13.2 Å². The molecule has 0 atom stereocenters. The van der Waals surface area contributed by atoms with Gasteiger partial charge in [0.2, 0.25) is 5.95 Å². The number of aromatic nitrogens is 3. The summed E-state index contributed by atoms with van der Waals surface area (Å²) in [5, 5.41) is 12.0. The summed E-state index contributed by atoms with van der Waals surface area (Å²) in [7, 11) is 0. The summed E-state index contributed by atoms with van der Waals surface area (Å²) in [6.07, 6.45) is -3.40. The van der Waals surface area contributed by atoms with E-state index in [0.29, 0.717) is 6.07 Å². The van der Waals surface area contributed by atoms with E-state index in [-0.39, 0.29) is 17.5 Å². The molecule has 1 aromatic heterocycles. The molecule has 1 heterocycles. The molecule has 11 heteroatoms. The van der Waals surface area contributed by atoms with Gasteiger partial charge in [-0.05, 0) is 30.3 Å². The van der Waals surface area contributed by atoms with E-state index in [9.17, 15) is 26.3 Å². The van der Waals surface area contributed by atoms with E-state index in [1.54, 1.807) is 0 Å². The summed E-state index contributed by atoms with van der Waals surface area (Å²) >= 11 is 0. The lowest BCUT2D eigenvalue weighted by atomic mass is 10.2. The maximum absolute atomic E-state index is 13.7. The van der Waals surface area contributed by atoms with Crippen molar-refractivity contribution >= 4 is 23.1 Å². The number of nitrogens with one attached hydrogen (secondary N) is 2. The molecule has 140 valence electrons. The molecule has 5 nitrogen and oxygen atoms in total. The molecule has 0 unspecified atom stereocenters. The van der Waals surface area contributed by atoms with Gasteiger partial charge in [-0.1, -0.05) is 6.07 Å². The molecule has 0 amide bonds. The highest BCUT2D eigenvalue weighted by Gasteiger charge is 2.30. The second-order valence-electron chi connectivity index (χ2n) is 5.22. The lowest BCUT2D eigenvalue weighted by Gasteiger charge is -2.11. The molecule has 0 saturated heterocycles. The van der Waals surface area contributed by atoms with E-state index in [2.05, 4.69) is 25.8 Å². The Hall–Kier alpha value is -3.37. The topological polar surface area (TPSA) is 62.7 Å². The first-order chi connectivity index (χ1) is 12.7. The van der Waals surface area contributed by atoms with Crippen LogP contribution in [0.1, 0.15) is 5.56 Å². The Morgan fingerprint density at radius 2 is 1.67 bits per heavy atom. The van der Waals surface area contributed by atoms with Gasteiger partial charge in [-0.2, -0.15) is 23.3 Å². The second-order valence-corrected chi connectivity index (χ2v) is 5.22. The Morgan fingerprint density at radius 1 is 0.889 bits per heavy atom. The first kappa shape index (κ1) is 18.4. The number of anilines is 4. The molecular formula is C16H9F6N5. The van der Waals surface area contributed by atoms with Crippen LogP contribution in [0.25, 0.3) is 0 Å². The molecule has 0 radical (unpaired) electrons. The third kappa shape index (κ3) is 4.25. The van der Waals surface area contributed by atoms with Crippen LogP contribution in [-0.2, 0) is 6.18 Å². The van der Waals surface area contributed by atoms with Crippen molar-refractivity contribution in [3.05, 3.63) is 65.6 Å². The van der Waals surface area contributed by atoms with Crippen LogP contribution in [-0.4, -0.2) is 15.2 Å². The molecule has 0 aliphatic carbocycles. The zero-order chi connectivity index (χ0) is 19.6. The van der Waals surface area contributed by atoms with Gasteiger partial charge in [0.25, 0.3) is 0 Å². The fourth-order valence-corrected chi connectivity index (χ4v) is 2.08. The van der Waals surface area contributed by atoms with Crippen LogP contribution < -0.4 is 10.6 Å². The number of hydrogen-bond acceptors (Lipinski definition) is 5. The quantitative estimate of drug-likeness (QED) is 0.499. The molecule has 27 heavy (non-hydrogen) atoms. The minimum absolute atomic E-state index is 0.00480. The highest BCUT2D eigenvalue weighted by Crippen LogP contribution is 2.31. The second kappa shape index (κ2) is 7.09. The molecule has 0 aliphatic rings. The zero-order valence-corrected chi connectivity index (χ0v) is 13.2. The number of nitrogens with zero attached hydrogens (tertiary/aromatic N) is 3. The molecule has 3 aromatic rings. The number of benzene rings is 2. The fraction of sp³-hybridized carbons (Fsp3) is 0.0625. The van der Waals surface area contributed by atoms with Gasteiger partial charge < -0.3 is 10.6 Å². The average Bonchev–Trinajstić information content (AvgIpc) is 2.62. The molecular weight excluding hydrogens is 376 g/mol. The maximum atomic E-state index is 13.7. The van der Waals surface area contributed by atoms with Crippen LogP contribution in [0.15, 0.2) is 42.6 Å². The van der Waals surface area contributed by atoms with Gasteiger partial charge >= 0.3 is 6.18 Å². The van der Waals surface area contributed by atoms with Crippen LogP contribution in [0, 0.1) is 17.5 Å². The number of halogens is 6. The van der Waals surface area contributed by atoms with Crippen molar-refractivity contribution in [3.8, 4) is 0 Å². The van der Waals surface area contributed by atoms with E-state index in [1.165, 1.54) is 12.1 Å². The number of alkyl halides is 3. The van der Waals surface area contributed by atoms with E-state index >= 15 is 0 Å². The first-order valence-corrected chi connectivity index (χ1v) is 7.28. The average molecular weight is 385 g/mol. The van der Waals surface area contributed by atoms with Gasteiger partial charge in [0, 0.05) is 5.69 Å². The van der Waals surface area contributed by atoms with Crippen molar-refractivity contribution in [2.24, 2.45) is 0 Å². The van der Waals surface area contributed by atoms with Crippen LogP contribution in [0.2, 0.25) is 0 Å². The van der Waals surface area contributed by atoms with Crippen molar-refractivity contribution in [1.82, 2.24) is 15.2 Å². The highest BCUT2D eigenvalue weighted by molar-refractivity contribution is 5.59. The number of hydrogen-bond donors (Lipinski definition) is 2. The monoisotopic (exact) mass is 385 g/mol. The van der Waals surface area contributed by atoms with Gasteiger partial charge in [0.1, 0.15) is 0 Å². The van der Waals surface area contributed by atoms with Crippen LogP contribution in [0.5, 0.6) is 0 Å². The van der Waals surface area contributed by atoms with Crippen molar-refractivity contribution in [2.45, 2.75) is 6.18 Å². The third-order valence-electron chi connectivity index (χ3n) is 3.30. The normalized spacial score (nSPS) is 11.3. The van der Waals surface area contributed by atoms with Gasteiger partial charge in [0.05, 0.1) is 17.4 Å². The summed E-state index contributed by atoms with van der Waals surface area (Å²) in [4.78, 5) is 3.89. The minimum atomic E-state index is -4.52.